The van der Waals surface area contributed by atoms with Crippen LogP contribution in [-0.4, -0.2) is 37.2 Å². The van der Waals surface area contributed by atoms with Gasteiger partial charge in [-0.25, -0.2) is 4.79 Å². The Morgan fingerprint density at radius 1 is 1.28 bits per heavy atom. The maximum absolute atomic E-state index is 12.5. The van der Waals surface area contributed by atoms with Crippen molar-refractivity contribution in [2.24, 2.45) is 5.92 Å². The molecule has 0 spiro atoms. The highest BCUT2D eigenvalue weighted by molar-refractivity contribution is 7.87. The molecule has 0 aliphatic carbocycles. The van der Waals surface area contributed by atoms with Crippen LogP contribution in [0.1, 0.15) is 47.1 Å². The van der Waals surface area contributed by atoms with Crippen LogP contribution in [0.15, 0.2) is 24.3 Å². The number of nitrogens with one attached hydrogen (secondary N) is 1. The molecular weight excluding hydrogens is 340 g/mol. The Balaban J connectivity index is 2.95. The minimum absolute atomic E-state index is 0.0926. The summed E-state index contributed by atoms with van der Waals surface area (Å²) in [5.41, 5.74) is 0.487. The first-order valence-corrected chi connectivity index (χ1v) is 10.1. The lowest BCUT2D eigenvalue weighted by Gasteiger charge is -2.29. The van der Waals surface area contributed by atoms with Crippen molar-refractivity contribution < 1.29 is 17.4 Å². The van der Waals surface area contributed by atoms with E-state index in [0.717, 1.165) is 5.56 Å². The van der Waals surface area contributed by atoms with Crippen molar-refractivity contribution in [3.63, 3.8) is 0 Å². The quantitative estimate of drug-likeness (QED) is 0.747. The van der Waals surface area contributed by atoms with Gasteiger partial charge in [-0.15, -0.1) is 0 Å². The Hall–Kier alpha value is -1.76. The second kappa shape index (κ2) is 8.56. The van der Waals surface area contributed by atoms with E-state index in [1.165, 1.54) is 6.92 Å². The summed E-state index contributed by atoms with van der Waals surface area (Å²) in [5.74, 6) is 0.482. The van der Waals surface area contributed by atoms with Crippen LogP contribution in [0.5, 0.6) is 5.75 Å². The average Bonchev–Trinajstić information content (AvgIpc) is 2.44. The molecule has 0 bridgehead atoms. The molecule has 7 heteroatoms. The van der Waals surface area contributed by atoms with Crippen molar-refractivity contribution >= 4 is 16.1 Å². The highest BCUT2D eigenvalue weighted by Gasteiger charge is 2.21. The van der Waals surface area contributed by atoms with E-state index in [1.807, 2.05) is 40.7 Å². The molecule has 2 amide bonds. The maximum atomic E-state index is 12.5. The van der Waals surface area contributed by atoms with E-state index in [1.54, 1.807) is 23.1 Å². The summed E-state index contributed by atoms with van der Waals surface area (Å²) in [4.78, 5) is 14.3. The van der Waals surface area contributed by atoms with E-state index in [4.69, 9.17) is 4.18 Å². The molecule has 0 radical (unpaired) electrons. The first kappa shape index (κ1) is 21.3. The van der Waals surface area contributed by atoms with Gasteiger partial charge in [0.2, 0.25) is 0 Å². The number of rotatable bonds is 7. The Bertz CT molecular complexity index is 679. The van der Waals surface area contributed by atoms with Crippen molar-refractivity contribution in [2.45, 2.75) is 53.6 Å². The molecule has 142 valence electrons. The maximum Gasteiger partial charge on any atom is 0.318 e. The molecule has 0 saturated carbocycles. The summed E-state index contributed by atoms with van der Waals surface area (Å²) in [5, 5.41) is 2.97. The Morgan fingerprint density at radius 3 is 2.44 bits per heavy atom. The van der Waals surface area contributed by atoms with Gasteiger partial charge >= 0.3 is 16.1 Å². The van der Waals surface area contributed by atoms with Crippen LogP contribution in [0.3, 0.4) is 0 Å². The van der Waals surface area contributed by atoms with Crippen LogP contribution in [-0.2, 0) is 16.7 Å². The monoisotopic (exact) mass is 370 g/mol. The fourth-order valence-electron chi connectivity index (χ4n) is 2.18. The molecule has 0 aliphatic rings. The summed E-state index contributed by atoms with van der Waals surface area (Å²) < 4.78 is 28.3. The SMILES string of the molecule is CCS(=O)(=O)Oc1cccc(CN(CC(C)C)C(=O)NC(C)(C)C)c1. The van der Waals surface area contributed by atoms with Gasteiger partial charge in [-0.3, -0.25) is 0 Å². The van der Waals surface area contributed by atoms with Gasteiger partial charge in [-0.2, -0.15) is 8.42 Å². The molecule has 1 aromatic rings. The zero-order valence-corrected chi connectivity index (χ0v) is 16.8. The van der Waals surface area contributed by atoms with Gasteiger partial charge in [-0.05, 0) is 51.3 Å². The number of amides is 2. The van der Waals surface area contributed by atoms with Gasteiger partial charge in [0, 0.05) is 18.6 Å². The van der Waals surface area contributed by atoms with E-state index < -0.39 is 10.1 Å². The molecule has 0 aromatic heterocycles. The van der Waals surface area contributed by atoms with Crippen LogP contribution in [0, 0.1) is 5.92 Å². The summed E-state index contributed by atoms with van der Waals surface area (Å²) in [7, 11) is -3.57. The van der Waals surface area contributed by atoms with E-state index >= 15 is 0 Å². The largest absolute Gasteiger partial charge is 0.382 e. The fraction of sp³-hybridized carbons (Fsp3) is 0.611. The molecule has 0 heterocycles. The molecule has 0 fully saturated rings. The minimum Gasteiger partial charge on any atom is -0.382 e. The summed E-state index contributed by atoms with van der Waals surface area (Å²) in [6, 6.07) is 6.69. The van der Waals surface area contributed by atoms with Gasteiger partial charge in [-0.1, -0.05) is 26.0 Å². The number of nitrogens with zero attached hydrogens (tertiary/aromatic N) is 1. The molecule has 0 unspecified atom stereocenters. The zero-order valence-electron chi connectivity index (χ0n) is 16.0. The normalized spacial score (nSPS) is 12.1. The van der Waals surface area contributed by atoms with Crippen LogP contribution < -0.4 is 9.50 Å². The average molecular weight is 371 g/mol. The molecular formula is C18H30N2O4S. The van der Waals surface area contributed by atoms with Crippen LogP contribution >= 0.6 is 0 Å². The zero-order chi connectivity index (χ0) is 19.3. The standard InChI is InChI=1S/C18H30N2O4S/c1-7-25(22,23)24-16-10-8-9-15(11-16)13-20(12-14(2)3)17(21)19-18(4,5)6/h8-11,14H,7,12-13H2,1-6H3,(H,19,21). The number of hydrogen-bond acceptors (Lipinski definition) is 4. The molecule has 0 atom stereocenters. The molecule has 25 heavy (non-hydrogen) atoms. The summed E-state index contributed by atoms with van der Waals surface area (Å²) >= 11 is 0. The van der Waals surface area contributed by atoms with Crippen LogP contribution in [0.25, 0.3) is 0 Å². The van der Waals surface area contributed by atoms with Crippen LogP contribution in [0.2, 0.25) is 0 Å². The number of urea groups is 1. The summed E-state index contributed by atoms with van der Waals surface area (Å²) in [6.45, 7) is 12.4. The molecule has 1 N–H and O–H groups in total. The van der Waals surface area contributed by atoms with Gasteiger partial charge in [0.15, 0.2) is 0 Å². The first-order chi connectivity index (χ1) is 11.4. The number of carbonyl (C=O) groups excluding carboxylic acids is 1. The highest BCUT2D eigenvalue weighted by Crippen LogP contribution is 2.18. The van der Waals surface area contributed by atoms with Gasteiger partial charge in [0.05, 0.1) is 5.75 Å². The predicted molar refractivity (Wildman–Crippen MR) is 100 cm³/mol. The van der Waals surface area contributed by atoms with Gasteiger partial charge in [0.25, 0.3) is 0 Å². The molecule has 0 saturated heterocycles. The second-order valence-electron chi connectivity index (χ2n) is 7.53. The lowest BCUT2D eigenvalue weighted by molar-refractivity contribution is 0.179. The molecule has 1 aromatic carbocycles. The molecule has 6 nitrogen and oxygen atoms in total. The third-order valence-electron chi connectivity index (χ3n) is 3.20. The Labute approximate surface area is 151 Å². The van der Waals surface area contributed by atoms with Gasteiger partial charge < -0.3 is 14.4 Å². The second-order valence-corrected chi connectivity index (χ2v) is 9.39. The first-order valence-electron chi connectivity index (χ1n) is 8.50. The van der Waals surface area contributed by atoms with Crippen molar-refractivity contribution in [1.29, 1.82) is 0 Å². The van der Waals surface area contributed by atoms with Crippen molar-refractivity contribution in [3.8, 4) is 5.75 Å². The lowest BCUT2D eigenvalue weighted by atomic mass is 10.1. The molecule has 1 rings (SSSR count). The topological polar surface area (TPSA) is 75.7 Å². The van der Waals surface area contributed by atoms with Crippen LogP contribution in [0.4, 0.5) is 4.79 Å². The third-order valence-corrected chi connectivity index (χ3v) is 4.36. The van der Waals surface area contributed by atoms with E-state index in [9.17, 15) is 13.2 Å². The minimum atomic E-state index is -3.57. The smallest absolute Gasteiger partial charge is 0.318 e. The number of benzene rings is 1. The summed E-state index contributed by atoms with van der Waals surface area (Å²) in [6.07, 6.45) is 0. The van der Waals surface area contributed by atoms with E-state index in [2.05, 4.69) is 5.32 Å². The lowest BCUT2D eigenvalue weighted by Crippen LogP contribution is -2.49. The van der Waals surface area contributed by atoms with Gasteiger partial charge in [0.1, 0.15) is 5.75 Å². The van der Waals surface area contributed by atoms with Crippen molar-refractivity contribution in [1.82, 2.24) is 10.2 Å². The van der Waals surface area contributed by atoms with Crippen molar-refractivity contribution in [3.05, 3.63) is 29.8 Å². The predicted octanol–water partition coefficient (Wildman–Crippen LogP) is 3.38. The Kier molecular flexibility index (Phi) is 7.29. The highest BCUT2D eigenvalue weighted by atomic mass is 32.2. The molecule has 0 aliphatic heterocycles. The fourth-order valence-corrected chi connectivity index (χ4v) is 2.70. The van der Waals surface area contributed by atoms with E-state index in [-0.39, 0.29) is 23.1 Å². The number of hydrogen-bond donors (Lipinski definition) is 1. The van der Waals surface area contributed by atoms with Crippen molar-refractivity contribution in [2.75, 3.05) is 12.3 Å². The van der Waals surface area contributed by atoms with E-state index in [0.29, 0.717) is 19.0 Å². The number of carbonyl (C=O) groups is 1. The Morgan fingerprint density at radius 2 is 1.92 bits per heavy atom. The third kappa shape index (κ3) is 8.25.